The summed E-state index contributed by atoms with van der Waals surface area (Å²) in [5.74, 6) is -0.704. The molecule has 3 rings (SSSR count). The molecule has 0 bridgehead atoms. The zero-order chi connectivity index (χ0) is 17.2. The average molecular weight is 351 g/mol. The predicted octanol–water partition coefficient (Wildman–Crippen LogP) is 2.14. The van der Waals surface area contributed by atoms with Crippen LogP contribution in [0.15, 0.2) is 29.2 Å². The van der Waals surface area contributed by atoms with Crippen LogP contribution in [0.25, 0.3) is 0 Å². The summed E-state index contributed by atoms with van der Waals surface area (Å²) in [6, 6.07) is 5.86. The third-order valence-electron chi connectivity index (χ3n) is 4.52. The number of sulfonamides is 1. The second-order valence-electron chi connectivity index (χ2n) is 6.25. The standard InChI is InChI=1S/C17H21NO5S/c19-15-8-1-2-9-16(15)23-17(20)13-6-5-7-14(12-13)24(21,22)18-10-3-4-11-18/h5-7,12,16H,1-4,8-11H2. The van der Waals surface area contributed by atoms with Crippen LogP contribution in [0.4, 0.5) is 0 Å². The molecule has 7 heteroatoms. The number of ketones is 1. The molecule has 1 aromatic carbocycles. The first-order valence-electron chi connectivity index (χ1n) is 8.32. The van der Waals surface area contributed by atoms with Crippen molar-refractivity contribution in [1.82, 2.24) is 4.31 Å². The molecule has 1 saturated heterocycles. The lowest BCUT2D eigenvalue weighted by molar-refractivity contribution is -0.129. The Kier molecular flexibility index (Phi) is 5.01. The van der Waals surface area contributed by atoms with Crippen LogP contribution in [0, 0.1) is 0 Å². The van der Waals surface area contributed by atoms with Gasteiger partial charge in [-0.15, -0.1) is 0 Å². The van der Waals surface area contributed by atoms with Gasteiger partial charge in [-0.25, -0.2) is 13.2 Å². The molecule has 1 unspecified atom stereocenters. The number of carbonyl (C=O) groups is 2. The van der Waals surface area contributed by atoms with Crippen molar-refractivity contribution in [2.45, 2.75) is 49.5 Å². The Bertz CT molecular complexity index is 737. The summed E-state index contributed by atoms with van der Waals surface area (Å²) >= 11 is 0. The highest BCUT2D eigenvalue weighted by atomic mass is 32.2. The fourth-order valence-corrected chi connectivity index (χ4v) is 4.70. The zero-order valence-corrected chi connectivity index (χ0v) is 14.3. The summed E-state index contributed by atoms with van der Waals surface area (Å²) in [5.41, 5.74) is 0.161. The zero-order valence-electron chi connectivity index (χ0n) is 13.4. The van der Waals surface area contributed by atoms with Crippen LogP contribution < -0.4 is 0 Å². The first kappa shape index (κ1) is 17.1. The van der Waals surface area contributed by atoms with Crippen LogP contribution in [0.5, 0.6) is 0 Å². The number of nitrogens with zero attached hydrogens (tertiary/aromatic N) is 1. The van der Waals surface area contributed by atoms with E-state index in [9.17, 15) is 18.0 Å². The molecule has 0 N–H and O–H groups in total. The largest absolute Gasteiger partial charge is 0.451 e. The number of hydrogen-bond donors (Lipinski definition) is 0. The van der Waals surface area contributed by atoms with Gasteiger partial charge in [0.05, 0.1) is 10.5 Å². The van der Waals surface area contributed by atoms with Crippen LogP contribution in [-0.2, 0) is 19.6 Å². The minimum absolute atomic E-state index is 0.0598. The average Bonchev–Trinajstić information content (AvgIpc) is 3.12. The van der Waals surface area contributed by atoms with E-state index in [0.717, 1.165) is 25.7 Å². The van der Waals surface area contributed by atoms with E-state index in [1.165, 1.54) is 28.6 Å². The Labute approximate surface area is 141 Å². The number of ether oxygens (including phenoxy) is 1. The molecule has 1 aliphatic carbocycles. The van der Waals surface area contributed by atoms with E-state index >= 15 is 0 Å². The third-order valence-corrected chi connectivity index (χ3v) is 6.42. The van der Waals surface area contributed by atoms with Crippen LogP contribution in [-0.4, -0.2) is 43.7 Å². The molecule has 1 heterocycles. The normalized spacial score (nSPS) is 22.5. The second kappa shape index (κ2) is 7.03. The number of rotatable bonds is 4. The first-order chi connectivity index (χ1) is 11.5. The monoisotopic (exact) mass is 351 g/mol. The van der Waals surface area contributed by atoms with Crippen molar-refractivity contribution >= 4 is 21.8 Å². The lowest BCUT2D eigenvalue weighted by Gasteiger charge is -2.21. The van der Waals surface area contributed by atoms with Crippen molar-refractivity contribution in [1.29, 1.82) is 0 Å². The van der Waals surface area contributed by atoms with E-state index in [1.807, 2.05) is 0 Å². The fraction of sp³-hybridized carbons (Fsp3) is 0.529. The predicted molar refractivity (Wildman–Crippen MR) is 87.1 cm³/mol. The maximum atomic E-state index is 12.6. The Morgan fingerprint density at radius 2 is 1.88 bits per heavy atom. The Balaban J connectivity index is 1.77. The Morgan fingerprint density at radius 1 is 1.12 bits per heavy atom. The van der Waals surface area contributed by atoms with Gasteiger partial charge in [-0.3, -0.25) is 4.79 Å². The van der Waals surface area contributed by atoms with E-state index in [-0.39, 0.29) is 16.2 Å². The molecule has 1 aliphatic heterocycles. The van der Waals surface area contributed by atoms with Crippen molar-refractivity contribution < 1.29 is 22.7 Å². The molecule has 6 nitrogen and oxygen atoms in total. The minimum Gasteiger partial charge on any atom is -0.451 e. The van der Waals surface area contributed by atoms with E-state index in [0.29, 0.717) is 25.9 Å². The number of esters is 1. The Morgan fingerprint density at radius 3 is 2.58 bits per heavy atom. The molecule has 1 saturated carbocycles. The van der Waals surface area contributed by atoms with E-state index < -0.39 is 22.1 Å². The molecule has 1 aromatic rings. The molecular formula is C17H21NO5S. The van der Waals surface area contributed by atoms with Crippen LogP contribution in [0.1, 0.15) is 48.9 Å². The highest BCUT2D eigenvalue weighted by Gasteiger charge is 2.29. The number of hydrogen-bond acceptors (Lipinski definition) is 5. The van der Waals surface area contributed by atoms with E-state index in [4.69, 9.17) is 4.74 Å². The molecule has 0 radical (unpaired) electrons. The van der Waals surface area contributed by atoms with Gasteiger partial charge in [0.2, 0.25) is 10.0 Å². The van der Waals surface area contributed by atoms with Gasteiger partial charge in [0.1, 0.15) is 0 Å². The number of carbonyl (C=O) groups excluding carboxylic acids is 2. The lowest BCUT2D eigenvalue weighted by atomic mass is 9.96. The number of benzene rings is 1. The first-order valence-corrected chi connectivity index (χ1v) is 9.76. The summed E-state index contributed by atoms with van der Waals surface area (Å²) in [7, 11) is -3.58. The number of Topliss-reactive ketones (excluding diaryl/α,β-unsaturated/α-hetero) is 1. The van der Waals surface area contributed by atoms with Gasteiger partial charge in [0.15, 0.2) is 11.9 Å². The van der Waals surface area contributed by atoms with Gasteiger partial charge in [0, 0.05) is 19.5 Å². The summed E-state index contributed by atoms with van der Waals surface area (Å²) in [4.78, 5) is 24.1. The van der Waals surface area contributed by atoms with Crippen LogP contribution >= 0.6 is 0 Å². The summed E-state index contributed by atoms with van der Waals surface area (Å²) in [5, 5.41) is 0. The lowest BCUT2D eigenvalue weighted by Crippen LogP contribution is -2.30. The molecule has 1 atom stereocenters. The molecule has 2 fully saturated rings. The smallest absolute Gasteiger partial charge is 0.338 e. The summed E-state index contributed by atoms with van der Waals surface area (Å²) < 4.78 is 31.9. The summed E-state index contributed by atoms with van der Waals surface area (Å²) in [6.45, 7) is 1.02. The second-order valence-corrected chi connectivity index (χ2v) is 8.18. The topological polar surface area (TPSA) is 80.8 Å². The summed E-state index contributed by atoms with van der Waals surface area (Å²) in [6.07, 6.45) is 3.65. The fourth-order valence-electron chi connectivity index (χ4n) is 3.13. The highest BCUT2D eigenvalue weighted by Crippen LogP contribution is 2.23. The highest BCUT2D eigenvalue weighted by molar-refractivity contribution is 7.89. The molecule has 0 amide bonds. The van der Waals surface area contributed by atoms with Gasteiger partial charge in [-0.2, -0.15) is 4.31 Å². The minimum atomic E-state index is -3.58. The van der Waals surface area contributed by atoms with Gasteiger partial charge >= 0.3 is 5.97 Å². The maximum absolute atomic E-state index is 12.6. The SMILES string of the molecule is O=C(OC1CCCCC1=O)c1cccc(S(=O)(=O)N2CCCC2)c1. The molecule has 0 spiro atoms. The third kappa shape index (κ3) is 3.52. The van der Waals surface area contributed by atoms with Gasteiger partial charge in [0.25, 0.3) is 0 Å². The molecule has 2 aliphatic rings. The van der Waals surface area contributed by atoms with Crippen LogP contribution in [0.2, 0.25) is 0 Å². The van der Waals surface area contributed by atoms with Crippen molar-refractivity contribution in [3.63, 3.8) is 0 Å². The van der Waals surface area contributed by atoms with E-state index in [1.54, 1.807) is 0 Å². The molecule has 24 heavy (non-hydrogen) atoms. The van der Waals surface area contributed by atoms with Crippen LogP contribution in [0.3, 0.4) is 0 Å². The maximum Gasteiger partial charge on any atom is 0.338 e. The van der Waals surface area contributed by atoms with Gasteiger partial charge < -0.3 is 4.74 Å². The molecule has 130 valence electrons. The van der Waals surface area contributed by atoms with Gasteiger partial charge in [-0.05, 0) is 50.3 Å². The van der Waals surface area contributed by atoms with Crippen molar-refractivity contribution in [2.75, 3.05) is 13.1 Å². The Hall–Kier alpha value is -1.73. The van der Waals surface area contributed by atoms with Crippen molar-refractivity contribution in [3.05, 3.63) is 29.8 Å². The van der Waals surface area contributed by atoms with Crippen molar-refractivity contribution in [2.24, 2.45) is 0 Å². The molecular weight excluding hydrogens is 330 g/mol. The quantitative estimate of drug-likeness (QED) is 0.777. The van der Waals surface area contributed by atoms with Crippen molar-refractivity contribution in [3.8, 4) is 0 Å². The van der Waals surface area contributed by atoms with Gasteiger partial charge in [-0.1, -0.05) is 6.07 Å². The van der Waals surface area contributed by atoms with E-state index in [2.05, 4.69) is 0 Å². The molecule has 0 aromatic heterocycles.